The summed E-state index contributed by atoms with van der Waals surface area (Å²) in [6.07, 6.45) is 0.0555. The Hall–Kier alpha value is -2.48. The summed E-state index contributed by atoms with van der Waals surface area (Å²) in [5.74, 6) is 5.19. The van der Waals surface area contributed by atoms with E-state index in [1.165, 1.54) is 12.1 Å². The third-order valence-corrected chi connectivity index (χ3v) is 2.90. The van der Waals surface area contributed by atoms with E-state index in [0.29, 0.717) is 11.3 Å². The second-order valence-corrected chi connectivity index (χ2v) is 5.64. The molecular weight excluding hydrogens is 280 g/mol. The van der Waals surface area contributed by atoms with Crippen molar-refractivity contribution in [2.24, 2.45) is 0 Å². The van der Waals surface area contributed by atoms with E-state index in [4.69, 9.17) is 4.74 Å². The van der Waals surface area contributed by atoms with Gasteiger partial charge in [0.05, 0.1) is 24.6 Å². The van der Waals surface area contributed by atoms with Gasteiger partial charge in [0.2, 0.25) is 0 Å². The number of nitrogens with one attached hydrogen (secondary N) is 1. The molecule has 5 heteroatoms. The number of carbonyl (C=O) groups is 2. The van der Waals surface area contributed by atoms with Crippen LogP contribution in [-0.2, 0) is 4.79 Å². The van der Waals surface area contributed by atoms with E-state index in [-0.39, 0.29) is 12.3 Å². The molecule has 2 amide bonds. The van der Waals surface area contributed by atoms with Crippen molar-refractivity contribution < 1.29 is 14.3 Å². The molecule has 0 atom stereocenters. The maximum Gasteiger partial charge on any atom is 0.273 e. The minimum atomic E-state index is -0.565. The molecule has 0 unspecified atom stereocenters. The molecule has 22 heavy (non-hydrogen) atoms. The van der Waals surface area contributed by atoms with E-state index in [2.05, 4.69) is 17.3 Å². The number of carbonyl (C=O) groups excluding carboxylic acids is 2. The fourth-order valence-corrected chi connectivity index (χ4v) is 1.84. The van der Waals surface area contributed by atoms with Crippen LogP contribution in [0.5, 0.6) is 5.75 Å². The SMILES string of the molecule is CC#CCC(=O)N(NC(=O)c1ccccc1OC)C(C)(C)C. The molecule has 0 aliphatic heterocycles. The third kappa shape index (κ3) is 4.52. The molecule has 1 rings (SSSR count). The lowest BCUT2D eigenvalue weighted by Crippen LogP contribution is -2.55. The molecule has 0 aliphatic rings. The summed E-state index contributed by atoms with van der Waals surface area (Å²) in [6.45, 7) is 7.19. The average Bonchev–Trinajstić information content (AvgIpc) is 2.48. The predicted molar refractivity (Wildman–Crippen MR) is 85.1 cm³/mol. The van der Waals surface area contributed by atoms with Crippen molar-refractivity contribution in [3.05, 3.63) is 29.8 Å². The van der Waals surface area contributed by atoms with Crippen molar-refractivity contribution in [3.8, 4) is 17.6 Å². The van der Waals surface area contributed by atoms with Crippen LogP contribution < -0.4 is 10.2 Å². The van der Waals surface area contributed by atoms with Crippen LogP contribution in [0.3, 0.4) is 0 Å². The predicted octanol–water partition coefficient (Wildman–Crippen LogP) is 2.38. The molecule has 0 aliphatic carbocycles. The summed E-state index contributed by atoms with van der Waals surface area (Å²) in [5, 5.41) is 1.31. The van der Waals surface area contributed by atoms with Crippen molar-refractivity contribution in [1.29, 1.82) is 0 Å². The van der Waals surface area contributed by atoms with Crippen LogP contribution in [0.1, 0.15) is 44.5 Å². The quantitative estimate of drug-likeness (QED) is 0.689. The third-order valence-electron chi connectivity index (χ3n) is 2.90. The number of hydrogen-bond donors (Lipinski definition) is 1. The number of nitrogens with zero attached hydrogens (tertiary/aromatic N) is 1. The molecular formula is C17H22N2O3. The van der Waals surface area contributed by atoms with Gasteiger partial charge in [0.15, 0.2) is 0 Å². The number of hydrazine groups is 1. The van der Waals surface area contributed by atoms with E-state index >= 15 is 0 Å². The second kappa shape index (κ2) is 7.51. The van der Waals surface area contributed by atoms with Gasteiger partial charge in [-0.1, -0.05) is 18.1 Å². The molecule has 0 bridgehead atoms. The first kappa shape index (κ1) is 17.6. The van der Waals surface area contributed by atoms with Gasteiger partial charge in [-0.2, -0.15) is 0 Å². The molecule has 1 aromatic carbocycles. The first-order chi connectivity index (χ1) is 10.3. The molecule has 0 fully saturated rings. The van der Waals surface area contributed by atoms with E-state index in [1.807, 2.05) is 20.8 Å². The molecule has 0 saturated heterocycles. The minimum absolute atomic E-state index is 0.0555. The van der Waals surface area contributed by atoms with E-state index < -0.39 is 11.4 Å². The normalized spacial score (nSPS) is 10.2. The number of benzene rings is 1. The molecule has 1 aromatic rings. The zero-order valence-corrected chi connectivity index (χ0v) is 13.7. The summed E-state index contributed by atoms with van der Waals surface area (Å²) >= 11 is 0. The highest BCUT2D eigenvalue weighted by molar-refractivity contribution is 5.98. The number of rotatable bonds is 3. The summed E-state index contributed by atoms with van der Waals surface area (Å²) in [5.41, 5.74) is 2.46. The summed E-state index contributed by atoms with van der Waals surface area (Å²) in [4.78, 5) is 24.7. The summed E-state index contributed by atoms with van der Waals surface area (Å²) in [7, 11) is 1.50. The average molecular weight is 302 g/mol. The molecule has 5 nitrogen and oxygen atoms in total. The van der Waals surface area contributed by atoms with Crippen molar-refractivity contribution in [1.82, 2.24) is 10.4 Å². The highest BCUT2D eigenvalue weighted by Crippen LogP contribution is 2.18. The van der Waals surface area contributed by atoms with Gasteiger partial charge in [0.1, 0.15) is 5.75 Å². The fourth-order valence-electron chi connectivity index (χ4n) is 1.84. The largest absolute Gasteiger partial charge is 0.496 e. The Bertz CT molecular complexity index is 606. The van der Waals surface area contributed by atoms with Crippen LogP contribution >= 0.6 is 0 Å². The zero-order valence-electron chi connectivity index (χ0n) is 13.7. The van der Waals surface area contributed by atoms with Crippen LogP contribution in [-0.4, -0.2) is 29.5 Å². The Kier molecular flexibility index (Phi) is 6.00. The van der Waals surface area contributed by atoms with Gasteiger partial charge in [0, 0.05) is 0 Å². The highest BCUT2D eigenvalue weighted by Gasteiger charge is 2.28. The van der Waals surface area contributed by atoms with Gasteiger partial charge in [-0.15, -0.1) is 5.92 Å². The Morgan fingerprint density at radius 1 is 1.27 bits per heavy atom. The summed E-state index contributed by atoms with van der Waals surface area (Å²) in [6, 6.07) is 6.86. The molecule has 0 aromatic heterocycles. The van der Waals surface area contributed by atoms with Crippen LogP contribution in [0.15, 0.2) is 24.3 Å². The Labute approximate surface area is 131 Å². The smallest absolute Gasteiger partial charge is 0.273 e. The Balaban J connectivity index is 3.01. The van der Waals surface area contributed by atoms with Crippen LogP contribution in [0.2, 0.25) is 0 Å². The second-order valence-electron chi connectivity index (χ2n) is 5.64. The van der Waals surface area contributed by atoms with E-state index in [1.54, 1.807) is 31.2 Å². The molecule has 1 N–H and O–H groups in total. The van der Waals surface area contributed by atoms with Crippen molar-refractivity contribution in [2.45, 2.75) is 39.7 Å². The Morgan fingerprint density at radius 2 is 1.91 bits per heavy atom. The maximum atomic E-state index is 12.4. The number of amides is 2. The van der Waals surface area contributed by atoms with E-state index in [9.17, 15) is 9.59 Å². The molecule has 0 radical (unpaired) electrons. The van der Waals surface area contributed by atoms with Crippen LogP contribution in [0.4, 0.5) is 0 Å². The number of hydrogen-bond acceptors (Lipinski definition) is 3. The van der Waals surface area contributed by atoms with Crippen molar-refractivity contribution in [3.63, 3.8) is 0 Å². The lowest BCUT2D eigenvalue weighted by atomic mass is 10.1. The lowest BCUT2D eigenvalue weighted by molar-refractivity contribution is -0.138. The monoisotopic (exact) mass is 302 g/mol. The van der Waals surface area contributed by atoms with Gasteiger partial charge in [-0.3, -0.25) is 15.0 Å². The first-order valence-corrected chi connectivity index (χ1v) is 6.98. The standard InChI is InChI=1S/C17H22N2O3/c1-6-7-12-15(20)19(17(2,3)4)18-16(21)13-10-8-9-11-14(13)22-5/h8-11H,12H2,1-5H3,(H,18,21). The number of ether oxygens (including phenoxy) is 1. The Morgan fingerprint density at radius 3 is 2.45 bits per heavy atom. The van der Waals surface area contributed by atoms with Crippen LogP contribution in [0, 0.1) is 11.8 Å². The topological polar surface area (TPSA) is 58.6 Å². The van der Waals surface area contributed by atoms with Gasteiger partial charge >= 0.3 is 0 Å². The van der Waals surface area contributed by atoms with Crippen molar-refractivity contribution in [2.75, 3.05) is 7.11 Å². The lowest BCUT2D eigenvalue weighted by Gasteiger charge is -2.35. The summed E-state index contributed by atoms with van der Waals surface area (Å²) < 4.78 is 5.17. The fraction of sp³-hybridized carbons (Fsp3) is 0.412. The molecule has 0 spiro atoms. The van der Waals surface area contributed by atoms with E-state index in [0.717, 1.165) is 0 Å². The highest BCUT2D eigenvalue weighted by atomic mass is 16.5. The number of para-hydroxylation sites is 1. The minimum Gasteiger partial charge on any atom is -0.496 e. The zero-order chi connectivity index (χ0) is 16.8. The molecule has 118 valence electrons. The van der Waals surface area contributed by atoms with Gasteiger partial charge in [-0.25, -0.2) is 5.01 Å². The molecule has 0 saturated carbocycles. The van der Waals surface area contributed by atoms with Gasteiger partial charge in [-0.05, 0) is 39.8 Å². The molecule has 0 heterocycles. The van der Waals surface area contributed by atoms with Gasteiger partial charge < -0.3 is 4.74 Å². The van der Waals surface area contributed by atoms with Crippen molar-refractivity contribution >= 4 is 11.8 Å². The number of methoxy groups -OCH3 is 1. The maximum absolute atomic E-state index is 12.4. The first-order valence-electron chi connectivity index (χ1n) is 6.98. The van der Waals surface area contributed by atoms with Gasteiger partial charge in [0.25, 0.3) is 11.8 Å². The van der Waals surface area contributed by atoms with Crippen LogP contribution in [0.25, 0.3) is 0 Å².